The summed E-state index contributed by atoms with van der Waals surface area (Å²) in [4.78, 5) is 9.54. The third-order valence-electron chi connectivity index (χ3n) is 0.563. The van der Waals surface area contributed by atoms with Crippen LogP contribution in [0.5, 0.6) is 0 Å². The maximum atomic E-state index is 10.3. The molecule has 2 N–H and O–H groups in total. The molecule has 0 bridgehead atoms. The molecule has 6 nitrogen and oxygen atoms in total. The molecule has 11 heavy (non-hydrogen) atoms. The topological polar surface area (TPSA) is 110 Å². The van der Waals surface area contributed by atoms with E-state index >= 15 is 0 Å². The van der Waals surface area contributed by atoms with Crippen molar-refractivity contribution in [1.29, 1.82) is 0 Å². The molecular formula is C3H6NNaO5S. The van der Waals surface area contributed by atoms with Crippen molar-refractivity contribution in [2.24, 2.45) is 5.73 Å². The molecule has 0 rings (SSSR count). The number of carboxylic acid groups (broad SMARTS) is 1. The van der Waals surface area contributed by atoms with Crippen molar-refractivity contribution in [3.63, 3.8) is 0 Å². The second-order valence-corrected chi connectivity index (χ2v) is 3.07. The molecule has 0 aliphatic carbocycles. The largest absolute Gasteiger partial charge is 1.00 e. The zero-order valence-electron chi connectivity index (χ0n) is 5.94. The molecule has 0 saturated carbocycles. The normalized spacial score (nSPS) is 9.91. The Hall–Kier alpha value is 0.180. The first-order chi connectivity index (χ1) is 4.48. The number of hydrogen-bond donors (Lipinski definition) is 1. The third-order valence-corrected chi connectivity index (χ3v) is 1.69. The number of rotatable bonds is 3. The van der Waals surface area contributed by atoms with Crippen LogP contribution in [0.4, 0.5) is 4.79 Å². The molecule has 0 unspecified atom stereocenters. The number of nitrogens with two attached hydrogens (primary N) is 1. The number of carbonyl (C=O) groups is 1. The van der Waals surface area contributed by atoms with Gasteiger partial charge in [0.15, 0.2) is 0 Å². The molecule has 0 amide bonds. The van der Waals surface area contributed by atoms with E-state index in [0.29, 0.717) is 0 Å². The van der Waals surface area contributed by atoms with Gasteiger partial charge in [-0.25, -0.2) is 8.42 Å². The average molecular weight is 191 g/mol. The van der Waals surface area contributed by atoms with Gasteiger partial charge in [0.25, 0.3) is 16.3 Å². The van der Waals surface area contributed by atoms with Crippen molar-refractivity contribution in [2.45, 2.75) is 0 Å². The van der Waals surface area contributed by atoms with Gasteiger partial charge in [0.05, 0.1) is 5.75 Å². The minimum absolute atomic E-state index is 0. The van der Waals surface area contributed by atoms with E-state index in [1.54, 1.807) is 0 Å². The zero-order chi connectivity index (χ0) is 8.20. The molecule has 0 heterocycles. The van der Waals surface area contributed by atoms with Crippen LogP contribution in [0.15, 0.2) is 0 Å². The van der Waals surface area contributed by atoms with E-state index in [9.17, 15) is 18.3 Å². The fourth-order valence-electron chi connectivity index (χ4n) is 0.290. The van der Waals surface area contributed by atoms with E-state index in [0.717, 1.165) is 0 Å². The first-order valence-corrected chi connectivity index (χ1v) is 3.89. The van der Waals surface area contributed by atoms with Crippen molar-refractivity contribution < 1.29 is 52.1 Å². The summed E-state index contributed by atoms with van der Waals surface area (Å²) in [6.45, 7) is -0.185. The van der Waals surface area contributed by atoms with Gasteiger partial charge < -0.3 is 19.8 Å². The van der Waals surface area contributed by atoms with Crippen molar-refractivity contribution in [3.05, 3.63) is 0 Å². The van der Waals surface area contributed by atoms with Crippen LogP contribution in [-0.4, -0.2) is 26.9 Å². The molecule has 0 aliphatic heterocycles. The molecule has 8 heteroatoms. The van der Waals surface area contributed by atoms with Gasteiger partial charge >= 0.3 is 29.6 Å². The molecule has 0 atom stereocenters. The summed E-state index contributed by atoms with van der Waals surface area (Å²) < 4.78 is 24.0. The smallest absolute Gasteiger partial charge is 0.437 e. The SMILES string of the molecule is NCCS(=O)(=O)OC(=O)[O-].[Na+]. The predicted molar refractivity (Wildman–Crippen MR) is 29.3 cm³/mol. The Kier molecular flexibility index (Phi) is 7.23. The van der Waals surface area contributed by atoms with Gasteiger partial charge in [0.1, 0.15) is 0 Å². The minimum Gasteiger partial charge on any atom is -0.437 e. The summed E-state index contributed by atoms with van der Waals surface area (Å²) in [7, 11) is -4.02. The van der Waals surface area contributed by atoms with Crippen LogP contribution < -0.4 is 40.4 Å². The van der Waals surface area contributed by atoms with Gasteiger partial charge in [-0.05, 0) is 0 Å². The molecule has 0 aromatic carbocycles. The summed E-state index contributed by atoms with van der Waals surface area (Å²) in [5.74, 6) is -0.527. The molecule has 0 aromatic heterocycles. The summed E-state index contributed by atoms with van der Waals surface area (Å²) in [6, 6.07) is 0. The van der Waals surface area contributed by atoms with E-state index < -0.39 is 22.0 Å². The van der Waals surface area contributed by atoms with E-state index in [-0.39, 0.29) is 36.1 Å². The standard InChI is InChI=1S/C3H7NO5S.Na/c4-1-2-10(7,8)9-3(5)6;/h1-2,4H2,(H,5,6);/q;+1/p-1. The van der Waals surface area contributed by atoms with Crippen LogP contribution in [-0.2, 0) is 14.3 Å². The Balaban J connectivity index is 0. The zero-order valence-corrected chi connectivity index (χ0v) is 8.76. The van der Waals surface area contributed by atoms with Crippen LogP contribution in [0.1, 0.15) is 0 Å². The molecule has 0 saturated heterocycles. The molecule has 0 spiro atoms. The molecule has 0 radical (unpaired) electrons. The molecule has 60 valence electrons. The molecule has 0 aromatic rings. The summed E-state index contributed by atoms with van der Waals surface area (Å²) in [5, 5.41) is 9.54. The van der Waals surface area contributed by atoms with Gasteiger partial charge in [-0.1, -0.05) is 0 Å². The van der Waals surface area contributed by atoms with Gasteiger partial charge in [-0.2, -0.15) is 0 Å². The summed E-state index contributed by atoms with van der Waals surface area (Å²) in [5.41, 5.74) is 4.82. The Bertz CT molecular complexity index is 212. The van der Waals surface area contributed by atoms with Crippen molar-refractivity contribution >= 4 is 16.3 Å². The number of hydrogen-bond acceptors (Lipinski definition) is 6. The van der Waals surface area contributed by atoms with Crippen molar-refractivity contribution in [3.8, 4) is 0 Å². The maximum absolute atomic E-state index is 10.3. The monoisotopic (exact) mass is 191 g/mol. The number of carbonyl (C=O) groups excluding carboxylic acids is 1. The second kappa shape index (κ2) is 5.78. The average Bonchev–Trinajstić information content (AvgIpc) is 1.59. The first kappa shape index (κ1) is 13.7. The van der Waals surface area contributed by atoms with Gasteiger partial charge in [-0.15, -0.1) is 0 Å². The first-order valence-electron chi connectivity index (χ1n) is 2.31. The van der Waals surface area contributed by atoms with Crippen LogP contribution in [0.25, 0.3) is 0 Å². The fourth-order valence-corrected chi connectivity index (χ4v) is 0.869. The van der Waals surface area contributed by atoms with Crippen LogP contribution in [0.2, 0.25) is 0 Å². The molecule has 0 fully saturated rings. The quantitative estimate of drug-likeness (QED) is 0.352. The molecular weight excluding hydrogens is 185 g/mol. The molecule has 0 aliphatic rings. The van der Waals surface area contributed by atoms with Crippen LogP contribution in [0.3, 0.4) is 0 Å². The maximum Gasteiger partial charge on any atom is 1.00 e. The van der Waals surface area contributed by atoms with Crippen LogP contribution in [0, 0.1) is 0 Å². The van der Waals surface area contributed by atoms with Crippen molar-refractivity contribution in [1.82, 2.24) is 0 Å². The Morgan fingerprint density at radius 1 is 1.55 bits per heavy atom. The van der Waals surface area contributed by atoms with Crippen molar-refractivity contribution in [2.75, 3.05) is 12.3 Å². The summed E-state index contributed by atoms with van der Waals surface area (Å²) >= 11 is 0. The Morgan fingerprint density at radius 2 is 2.00 bits per heavy atom. The predicted octanol–water partition coefficient (Wildman–Crippen LogP) is -5.36. The Morgan fingerprint density at radius 3 is 2.27 bits per heavy atom. The second-order valence-electron chi connectivity index (χ2n) is 1.38. The van der Waals surface area contributed by atoms with E-state index in [1.165, 1.54) is 0 Å². The third kappa shape index (κ3) is 8.08. The van der Waals surface area contributed by atoms with Gasteiger partial charge in [0.2, 0.25) is 0 Å². The van der Waals surface area contributed by atoms with E-state index in [2.05, 4.69) is 4.18 Å². The van der Waals surface area contributed by atoms with Gasteiger partial charge in [-0.3, -0.25) is 0 Å². The Labute approximate surface area is 86.1 Å². The fraction of sp³-hybridized carbons (Fsp3) is 0.667. The van der Waals surface area contributed by atoms with E-state index in [1.807, 2.05) is 0 Å². The van der Waals surface area contributed by atoms with Crippen LogP contribution >= 0.6 is 0 Å². The van der Waals surface area contributed by atoms with Gasteiger partial charge in [0, 0.05) is 6.54 Å². The minimum atomic E-state index is -4.02. The van der Waals surface area contributed by atoms with E-state index in [4.69, 9.17) is 5.73 Å². The summed E-state index contributed by atoms with van der Waals surface area (Å²) in [6.07, 6.45) is -2.09.